The van der Waals surface area contributed by atoms with Crippen LogP contribution in [0.1, 0.15) is 40.0 Å². The smallest absolute Gasteiger partial charge is 0.223 e. The van der Waals surface area contributed by atoms with Crippen LogP contribution in [0.15, 0.2) is 0 Å². The van der Waals surface area contributed by atoms with Crippen molar-refractivity contribution in [1.82, 2.24) is 15.5 Å². The first-order chi connectivity index (χ1) is 8.90. The fourth-order valence-corrected chi connectivity index (χ4v) is 2.75. The largest absolute Gasteiger partial charge is 0.354 e. The van der Waals surface area contributed by atoms with Crippen molar-refractivity contribution in [3.63, 3.8) is 0 Å². The van der Waals surface area contributed by atoms with Crippen LogP contribution in [0.5, 0.6) is 0 Å². The third kappa shape index (κ3) is 5.91. The van der Waals surface area contributed by atoms with Gasteiger partial charge in [-0.25, -0.2) is 0 Å². The van der Waals surface area contributed by atoms with Crippen molar-refractivity contribution in [3.8, 4) is 0 Å². The summed E-state index contributed by atoms with van der Waals surface area (Å²) >= 11 is 0. The van der Waals surface area contributed by atoms with E-state index in [0.717, 1.165) is 32.4 Å². The molecule has 19 heavy (non-hydrogen) atoms. The third-order valence-corrected chi connectivity index (χ3v) is 3.98. The average molecular weight is 269 g/mol. The van der Waals surface area contributed by atoms with Crippen molar-refractivity contribution in [2.24, 2.45) is 11.8 Å². The van der Waals surface area contributed by atoms with Gasteiger partial charge < -0.3 is 15.5 Å². The topological polar surface area (TPSA) is 44.4 Å². The summed E-state index contributed by atoms with van der Waals surface area (Å²) in [5.41, 5.74) is 0. The summed E-state index contributed by atoms with van der Waals surface area (Å²) in [6.45, 7) is 8.34. The molecule has 0 bridgehead atoms. The van der Waals surface area contributed by atoms with Gasteiger partial charge in [0.1, 0.15) is 0 Å². The molecule has 4 heteroatoms. The Morgan fingerprint density at radius 2 is 2.11 bits per heavy atom. The molecule has 3 unspecified atom stereocenters. The van der Waals surface area contributed by atoms with Gasteiger partial charge in [-0.3, -0.25) is 4.79 Å². The van der Waals surface area contributed by atoms with Crippen molar-refractivity contribution in [1.29, 1.82) is 0 Å². The van der Waals surface area contributed by atoms with E-state index in [1.54, 1.807) is 0 Å². The number of nitrogens with one attached hydrogen (secondary N) is 2. The zero-order valence-electron chi connectivity index (χ0n) is 13.2. The van der Waals surface area contributed by atoms with E-state index in [4.69, 9.17) is 0 Å². The maximum absolute atomic E-state index is 12.2. The van der Waals surface area contributed by atoms with Gasteiger partial charge >= 0.3 is 0 Å². The van der Waals surface area contributed by atoms with Crippen LogP contribution in [0.25, 0.3) is 0 Å². The molecule has 0 aromatic heterocycles. The molecule has 0 aliphatic carbocycles. The van der Waals surface area contributed by atoms with Gasteiger partial charge in [0.25, 0.3) is 0 Å². The van der Waals surface area contributed by atoms with E-state index in [1.165, 1.54) is 0 Å². The van der Waals surface area contributed by atoms with E-state index in [-0.39, 0.29) is 11.8 Å². The van der Waals surface area contributed by atoms with Crippen LogP contribution in [-0.2, 0) is 4.79 Å². The first-order valence-corrected chi connectivity index (χ1v) is 7.57. The number of amides is 1. The first-order valence-electron chi connectivity index (χ1n) is 7.57. The van der Waals surface area contributed by atoms with E-state index in [9.17, 15) is 4.79 Å². The minimum Gasteiger partial charge on any atom is -0.354 e. The van der Waals surface area contributed by atoms with E-state index >= 15 is 0 Å². The molecular formula is C15H31N3O. The Morgan fingerprint density at radius 3 is 2.63 bits per heavy atom. The molecular weight excluding hydrogens is 238 g/mol. The fourth-order valence-electron chi connectivity index (χ4n) is 2.75. The van der Waals surface area contributed by atoms with Crippen LogP contribution in [-0.4, -0.2) is 50.1 Å². The quantitative estimate of drug-likeness (QED) is 0.767. The molecule has 4 nitrogen and oxygen atoms in total. The van der Waals surface area contributed by atoms with Gasteiger partial charge in [0, 0.05) is 24.5 Å². The molecule has 1 heterocycles. The van der Waals surface area contributed by atoms with E-state index in [2.05, 4.69) is 50.4 Å². The number of piperidine rings is 1. The molecule has 0 aromatic rings. The maximum Gasteiger partial charge on any atom is 0.223 e. The Labute approximate surface area is 118 Å². The lowest BCUT2D eigenvalue weighted by atomic mass is 9.92. The molecule has 1 aliphatic rings. The normalized spacial score (nSPS) is 25.6. The number of hydrogen-bond donors (Lipinski definition) is 2. The molecule has 1 fully saturated rings. The molecule has 2 N–H and O–H groups in total. The van der Waals surface area contributed by atoms with E-state index in [0.29, 0.717) is 18.0 Å². The zero-order valence-corrected chi connectivity index (χ0v) is 13.2. The van der Waals surface area contributed by atoms with Gasteiger partial charge in [-0.05, 0) is 52.7 Å². The highest BCUT2D eigenvalue weighted by atomic mass is 16.1. The van der Waals surface area contributed by atoms with Gasteiger partial charge in [0.2, 0.25) is 5.91 Å². The van der Waals surface area contributed by atoms with Crippen molar-refractivity contribution >= 4 is 5.91 Å². The summed E-state index contributed by atoms with van der Waals surface area (Å²) < 4.78 is 0. The van der Waals surface area contributed by atoms with Gasteiger partial charge in [-0.15, -0.1) is 0 Å². The lowest BCUT2D eigenvalue weighted by Gasteiger charge is -2.30. The lowest BCUT2D eigenvalue weighted by molar-refractivity contribution is -0.126. The molecule has 3 atom stereocenters. The lowest BCUT2D eigenvalue weighted by Crippen LogP contribution is -2.46. The van der Waals surface area contributed by atoms with Gasteiger partial charge in [0.05, 0.1) is 0 Å². The number of rotatable bonds is 6. The summed E-state index contributed by atoms with van der Waals surface area (Å²) in [4.78, 5) is 14.4. The van der Waals surface area contributed by atoms with Crippen LogP contribution in [0.2, 0.25) is 0 Å². The Hall–Kier alpha value is -0.610. The monoisotopic (exact) mass is 269 g/mol. The zero-order chi connectivity index (χ0) is 14.4. The third-order valence-electron chi connectivity index (χ3n) is 3.98. The molecule has 1 amide bonds. The van der Waals surface area contributed by atoms with E-state index < -0.39 is 0 Å². The number of carbonyl (C=O) groups is 1. The minimum atomic E-state index is 0.193. The van der Waals surface area contributed by atoms with Crippen LogP contribution in [0.4, 0.5) is 0 Å². The highest BCUT2D eigenvalue weighted by molar-refractivity contribution is 5.78. The molecule has 1 rings (SSSR count). The van der Waals surface area contributed by atoms with Crippen molar-refractivity contribution in [3.05, 3.63) is 0 Å². The van der Waals surface area contributed by atoms with Crippen LogP contribution in [0.3, 0.4) is 0 Å². The fraction of sp³-hybridized carbons (Fsp3) is 0.933. The molecule has 112 valence electrons. The van der Waals surface area contributed by atoms with Crippen molar-refractivity contribution in [2.75, 3.05) is 27.2 Å². The number of carbonyl (C=O) groups excluding carboxylic acids is 1. The summed E-state index contributed by atoms with van der Waals surface area (Å²) in [6, 6.07) is 0.896. The Bertz CT molecular complexity index is 279. The predicted octanol–water partition coefficient (Wildman–Crippen LogP) is 1.47. The predicted molar refractivity (Wildman–Crippen MR) is 80.1 cm³/mol. The molecule has 0 aromatic carbocycles. The Morgan fingerprint density at radius 1 is 1.42 bits per heavy atom. The second-order valence-corrected chi connectivity index (χ2v) is 6.57. The van der Waals surface area contributed by atoms with Crippen LogP contribution >= 0.6 is 0 Å². The highest BCUT2D eigenvalue weighted by Gasteiger charge is 2.25. The number of nitrogens with zero attached hydrogens (tertiary/aromatic N) is 1. The standard InChI is InChI=1S/C15H31N3O/c1-11(2)8-14(18(4)5)10-17-15(19)13-6-7-16-12(3)9-13/h11-14,16H,6-10H2,1-5H3,(H,17,19). The molecule has 0 radical (unpaired) electrons. The maximum atomic E-state index is 12.2. The summed E-state index contributed by atoms with van der Waals surface area (Å²) in [6.07, 6.45) is 3.05. The molecule has 1 saturated heterocycles. The van der Waals surface area contributed by atoms with E-state index in [1.807, 2.05) is 0 Å². The first kappa shape index (κ1) is 16.4. The number of likely N-dealkylation sites (N-methyl/N-ethyl adjacent to an activating group) is 1. The van der Waals surface area contributed by atoms with Gasteiger partial charge in [-0.2, -0.15) is 0 Å². The Balaban J connectivity index is 2.38. The highest BCUT2D eigenvalue weighted by Crippen LogP contribution is 2.16. The number of hydrogen-bond acceptors (Lipinski definition) is 3. The van der Waals surface area contributed by atoms with Gasteiger partial charge in [-0.1, -0.05) is 13.8 Å². The average Bonchev–Trinajstić information content (AvgIpc) is 2.33. The van der Waals surface area contributed by atoms with Crippen molar-refractivity contribution in [2.45, 2.75) is 52.1 Å². The molecule has 0 saturated carbocycles. The summed E-state index contributed by atoms with van der Waals surface area (Å²) in [5, 5.41) is 6.54. The van der Waals surface area contributed by atoms with Crippen LogP contribution < -0.4 is 10.6 Å². The summed E-state index contributed by atoms with van der Waals surface area (Å²) in [5.74, 6) is 1.09. The molecule has 0 spiro atoms. The minimum absolute atomic E-state index is 0.193. The summed E-state index contributed by atoms with van der Waals surface area (Å²) in [7, 11) is 4.18. The SMILES string of the molecule is CC(C)CC(CNC(=O)C1CCNC(C)C1)N(C)C. The molecule has 1 aliphatic heterocycles. The van der Waals surface area contributed by atoms with Crippen molar-refractivity contribution < 1.29 is 4.79 Å². The second kappa shape index (κ2) is 7.85. The second-order valence-electron chi connectivity index (χ2n) is 6.57. The van der Waals surface area contributed by atoms with Gasteiger partial charge in [0.15, 0.2) is 0 Å². The Kier molecular flexibility index (Phi) is 6.80. The van der Waals surface area contributed by atoms with Crippen LogP contribution in [0, 0.1) is 11.8 Å².